The van der Waals surface area contributed by atoms with Gasteiger partial charge in [-0.2, -0.15) is 5.10 Å². The van der Waals surface area contributed by atoms with Gasteiger partial charge in [-0.3, -0.25) is 9.48 Å². The third kappa shape index (κ3) is 4.90. The zero-order valence-electron chi connectivity index (χ0n) is 20.2. The number of anilines is 3. The topological polar surface area (TPSA) is 93.5 Å². The Bertz CT molecular complexity index is 1250. The number of fused-ring (bicyclic) bond motifs is 1. The van der Waals surface area contributed by atoms with Crippen molar-refractivity contribution >= 4 is 23.1 Å². The van der Waals surface area contributed by atoms with Gasteiger partial charge in [-0.1, -0.05) is 0 Å². The fourth-order valence-electron chi connectivity index (χ4n) is 4.27. The Morgan fingerprint density at radius 3 is 2.74 bits per heavy atom. The number of benzene rings is 1. The number of amides is 1. The first-order valence-corrected chi connectivity index (χ1v) is 11.1. The summed E-state index contributed by atoms with van der Waals surface area (Å²) < 4.78 is 39.7. The highest BCUT2D eigenvalue weighted by Crippen LogP contribution is 2.36. The Hall–Kier alpha value is -3.73. The second-order valence-electron chi connectivity index (χ2n) is 8.45. The molecule has 0 unspecified atom stereocenters. The van der Waals surface area contributed by atoms with Gasteiger partial charge in [-0.25, -0.2) is 13.8 Å². The molecule has 0 radical (unpaired) electrons. The minimum atomic E-state index is -0.756. The fraction of sp³-hybridized carbons (Fsp3) is 0.375. The lowest BCUT2D eigenvalue weighted by Crippen LogP contribution is -2.52. The number of carbonyl (C=O) groups excluding carboxylic acids is 1. The SMILES string of the molecule is COc1c(F)cc(F)cc1Cn1cc(CNc2cc3c(c(C)n2)NC(=O)[C@H]([C@@H](C)OC)N3C)cn1. The average Bonchev–Trinajstić information content (AvgIpc) is 3.25. The molecule has 3 heterocycles. The highest BCUT2D eigenvalue weighted by Gasteiger charge is 2.36. The monoisotopic (exact) mass is 486 g/mol. The third-order valence-corrected chi connectivity index (χ3v) is 6.09. The minimum Gasteiger partial charge on any atom is -0.493 e. The van der Waals surface area contributed by atoms with Crippen LogP contribution in [0.3, 0.4) is 0 Å². The van der Waals surface area contributed by atoms with Crippen LogP contribution in [-0.2, 0) is 22.6 Å². The molecule has 0 aliphatic carbocycles. The van der Waals surface area contributed by atoms with Gasteiger partial charge in [0.15, 0.2) is 11.6 Å². The van der Waals surface area contributed by atoms with Crippen LogP contribution < -0.4 is 20.3 Å². The molecule has 0 bridgehead atoms. The van der Waals surface area contributed by atoms with Crippen molar-refractivity contribution in [3.63, 3.8) is 0 Å². The number of carbonyl (C=O) groups is 1. The number of likely N-dealkylation sites (N-methyl/N-ethyl adjacent to an activating group) is 1. The zero-order chi connectivity index (χ0) is 25.3. The van der Waals surface area contributed by atoms with Crippen molar-refractivity contribution in [2.45, 2.75) is 39.1 Å². The molecule has 4 rings (SSSR count). The summed E-state index contributed by atoms with van der Waals surface area (Å²) in [6, 6.07) is 3.43. The minimum absolute atomic E-state index is 0.00684. The maximum absolute atomic E-state index is 14.0. The van der Waals surface area contributed by atoms with E-state index >= 15 is 0 Å². The maximum Gasteiger partial charge on any atom is 0.249 e. The van der Waals surface area contributed by atoms with E-state index in [0.29, 0.717) is 29.3 Å². The van der Waals surface area contributed by atoms with Crippen molar-refractivity contribution in [2.24, 2.45) is 0 Å². The van der Waals surface area contributed by atoms with Crippen molar-refractivity contribution in [1.29, 1.82) is 0 Å². The predicted molar refractivity (Wildman–Crippen MR) is 128 cm³/mol. The largest absolute Gasteiger partial charge is 0.493 e. The van der Waals surface area contributed by atoms with E-state index in [1.54, 1.807) is 24.2 Å². The van der Waals surface area contributed by atoms with E-state index in [1.807, 2.05) is 31.9 Å². The Morgan fingerprint density at radius 2 is 2.03 bits per heavy atom. The van der Waals surface area contributed by atoms with Gasteiger partial charge in [0.25, 0.3) is 0 Å². The molecule has 2 N–H and O–H groups in total. The van der Waals surface area contributed by atoms with Gasteiger partial charge < -0.3 is 25.0 Å². The van der Waals surface area contributed by atoms with E-state index in [1.165, 1.54) is 13.2 Å². The molecule has 2 atom stereocenters. The molecule has 35 heavy (non-hydrogen) atoms. The van der Waals surface area contributed by atoms with Crippen molar-refractivity contribution in [3.8, 4) is 5.75 Å². The number of halogens is 2. The van der Waals surface area contributed by atoms with Crippen molar-refractivity contribution in [1.82, 2.24) is 14.8 Å². The number of nitrogens with zero attached hydrogens (tertiary/aromatic N) is 4. The van der Waals surface area contributed by atoms with Gasteiger partial charge in [0.2, 0.25) is 5.91 Å². The van der Waals surface area contributed by atoms with Crippen molar-refractivity contribution in [2.75, 3.05) is 36.8 Å². The zero-order valence-corrected chi connectivity index (χ0v) is 20.2. The van der Waals surface area contributed by atoms with E-state index in [4.69, 9.17) is 9.47 Å². The molecule has 0 saturated heterocycles. The smallest absolute Gasteiger partial charge is 0.249 e. The molecule has 9 nitrogen and oxygen atoms in total. The first-order valence-electron chi connectivity index (χ1n) is 11.1. The highest BCUT2D eigenvalue weighted by molar-refractivity contribution is 6.04. The number of aryl methyl sites for hydroxylation is 1. The van der Waals surface area contributed by atoms with Crippen LogP contribution in [0.5, 0.6) is 5.75 Å². The fourth-order valence-corrected chi connectivity index (χ4v) is 4.27. The Labute approximate surface area is 202 Å². The number of methoxy groups -OCH3 is 2. The van der Waals surface area contributed by atoms with Gasteiger partial charge in [0.05, 0.1) is 43.0 Å². The first kappa shape index (κ1) is 24.4. The summed E-state index contributed by atoms with van der Waals surface area (Å²) in [5.74, 6) is -0.942. The number of hydrogen-bond acceptors (Lipinski definition) is 7. The Kier molecular flexibility index (Phi) is 6.88. The van der Waals surface area contributed by atoms with E-state index in [0.717, 1.165) is 17.3 Å². The molecular formula is C24H28F2N6O3. The van der Waals surface area contributed by atoms with E-state index < -0.39 is 17.7 Å². The second kappa shape index (κ2) is 9.87. The van der Waals surface area contributed by atoms with Crippen molar-refractivity contribution in [3.05, 3.63) is 59.0 Å². The number of nitrogens with one attached hydrogen (secondary N) is 2. The van der Waals surface area contributed by atoms with E-state index in [-0.39, 0.29) is 24.3 Å². The number of pyridine rings is 1. The average molecular weight is 487 g/mol. The quantitative estimate of drug-likeness (QED) is 0.505. The lowest BCUT2D eigenvalue weighted by atomic mass is 10.0. The summed E-state index contributed by atoms with van der Waals surface area (Å²) in [5, 5.41) is 10.5. The van der Waals surface area contributed by atoms with Gasteiger partial charge >= 0.3 is 0 Å². The van der Waals surface area contributed by atoms with Gasteiger partial charge in [0.1, 0.15) is 17.7 Å². The highest BCUT2D eigenvalue weighted by atomic mass is 19.1. The van der Waals surface area contributed by atoms with Crippen LogP contribution in [0.2, 0.25) is 0 Å². The molecule has 0 fully saturated rings. The maximum atomic E-state index is 14.0. The molecule has 2 aromatic heterocycles. The van der Waals surface area contributed by atoms with E-state index in [2.05, 4.69) is 20.7 Å². The summed E-state index contributed by atoms with van der Waals surface area (Å²) in [5.41, 5.74) is 3.40. The predicted octanol–water partition coefficient (Wildman–Crippen LogP) is 3.33. The molecule has 1 aliphatic heterocycles. The second-order valence-corrected chi connectivity index (χ2v) is 8.45. The summed E-state index contributed by atoms with van der Waals surface area (Å²) in [6.07, 6.45) is 3.15. The van der Waals surface area contributed by atoms with Crippen molar-refractivity contribution < 1.29 is 23.0 Å². The van der Waals surface area contributed by atoms with Crippen LogP contribution in [0, 0.1) is 18.6 Å². The molecule has 3 aromatic rings. The summed E-state index contributed by atoms with van der Waals surface area (Å²) in [7, 11) is 4.77. The van der Waals surface area contributed by atoms with Crippen LogP contribution in [0.1, 0.15) is 23.7 Å². The summed E-state index contributed by atoms with van der Waals surface area (Å²) >= 11 is 0. The van der Waals surface area contributed by atoms with Gasteiger partial charge in [-0.15, -0.1) is 0 Å². The molecule has 1 amide bonds. The molecule has 0 spiro atoms. The van der Waals surface area contributed by atoms with Crippen LogP contribution in [0.4, 0.5) is 26.0 Å². The summed E-state index contributed by atoms with van der Waals surface area (Å²) in [4.78, 5) is 19.1. The third-order valence-electron chi connectivity index (χ3n) is 6.09. The number of hydrogen-bond donors (Lipinski definition) is 2. The normalized spacial score (nSPS) is 16.0. The van der Waals surface area contributed by atoms with E-state index in [9.17, 15) is 13.6 Å². The lowest BCUT2D eigenvalue weighted by Gasteiger charge is -2.38. The molecule has 0 saturated carbocycles. The molecule has 1 aromatic carbocycles. The molecule has 186 valence electrons. The number of aromatic nitrogens is 3. The van der Waals surface area contributed by atoms with Gasteiger partial charge in [0, 0.05) is 50.2 Å². The van der Waals surface area contributed by atoms with Crippen LogP contribution in [0.15, 0.2) is 30.6 Å². The van der Waals surface area contributed by atoms with Crippen LogP contribution >= 0.6 is 0 Å². The molecule has 1 aliphatic rings. The lowest BCUT2D eigenvalue weighted by molar-refractivity contribution is -0.120. The first-order chi connectivity index (χ1) is 16.7. The molecular weight excluding hydrogens is 458 g/mol. The Balaban J connectivity index is 1.49. The molecule has 11 heteroatoms. The van der Waals surface area contributed by atoms with Gasteiger partial charge in [-0.05, 0) is 19.9 Å². The number of ether oxygens (including phenoxy) is 2. The standard InChI is InChI=1S/C24H28F2N6O3/c1-13-21-19(31(3)22(14(2)34-4)24(33)30-21)8-20(29-13)27-9-15-10-28-32(11-15)12-16-6-17(25)7-18(26)23(16)35-5/h6-8,10-11,14,22H,9,12H2,1-5H3,(H,27,29)(H,30,33)/t14-,22+/m1/s1. The summed E-state index contributed by atoms with van der Waals surface area (Å²) in [6.45, 7) is 4.26. The van der Waals surface area contributed by atoms with Crippen LogP contribution in [0.25, 0.3) is 0 Å². The Morgan fingerprint density at radius 1 is 1.26 bits per heavy atom. The van der Waals surface area contributed by atoms with Crippen LogP contribution in [-0.4, -0.2) is 54.1 Å². The number of rotatable bonds is 8.